The van der Waals surface area contributed by atoms with E-state index in [1.165, 1.54) is 32.1 Å². The van der Waals surface area contributed by atoms with Crippen LogP contribution in [0.3, 0.4) is 0 Å². The van der Waals surface area contributed by atoms with Crippen molar-refractivity contribution in [3.8, 4) is 0 Å². The third-order valence-corrected chi connectivity index (χ3v) is 8.15. The van der Waals surface area contributed by atoms with Gasteiger partial charge in [0.2, 0.25) is 15.9 Å². The first-order valence-corrected chi connectivity index (χ1v) is 13.7. The first kappa shape index (κ1) is 26.1. The van der Waals surface area contributed by atoms with Gasteiger partial charge in [-0.1, -0.05) is 32.6 Å². The molecule has 0 bridgehead atoms. The van der Waals surface area contributed by atoms with Gasteiger partial charge in [-0.15, -0.1) is 0 Å². The standard InChI is InChI=1S/C22H41N3O5S/c1-2-3-17-31(29,30)24-20(22(27)28)7-8-21(26)25-15-11-19(12-16-25)6-4-5-18-9-13-23-14-10-18/h18-20,23-24H,2-17H2,1H3,(H,27,28)/t20-/m1/s1. The number of likely N-dealkylation sites (tertiary alicyclic amines) is 1. The Balaban J connectivity index is 1.67. The number of amides is 1. The van der Waals surface area contributed by atoms with E-state index in [9.17, 15) is 23.1 Å². The molecule has 3 N–H and O–H groups in total. The Labute approximate surface area is 187 Å². The molecule has 8 nitrogen and oxygen atoms in total. The van der Waals surface area contributed by atoms with Gasteiger partial charge in [-0.3, -0.25) is 9.59 Å². The van der Waals surface area contributed by atoms with Crippen LogP contribution in [0.2, 0.25) is 0 Å². The maximum atomic E-state index is 12.5. The minimum atomic E-state index is -3.64. The Morgan fingerprint density at radius 1 is 1.06 bits per heavy atom. The van der Waals surface area contributed by atoms with Crippen LogP contribution in [0, 0.1) is 11.8 Å². The van der Waals surface area contributed by atoms with E-state index in [0.29, 0.717) is 18.8 Å². The van der Waals surface area contributed by atoms with Crippen LogP contribution in [0.25, 0.3) is 0 Å². The Morgan fingerprint density at radius 2 is 1.68 bits per heavy atom. The van der Waals surface area contributed by atoms with Gasteiger partial charge in [-0.05, 0) is 63.5 Å². The van der Waals surface area contributed by atoms with E-state index in [4.69, 9.17) is 0 Å². The second-order valence-electron chi connectivity index (χ2n) is 9.17. The van der Waals surface area contributed by atoms with E-state index in [1.54, 1.807) is 0 Å². The van der Waals surface area contributed by atoms with Gasteiger partial charge in [-0.25, -0.2) is 13.1 Å². The number of carboxylic acid groups (broad SMARTS) is 1. The lowest BCUT2D eigenvalue weighted by molar-refractivity contribution is -0.139. The van der Waals surface area contributed by atoms with Gasteiger partial charge in [-0.2, -0.15) is 0 Å². The topological polar surface area (TPSA) is 116 Å². The third-order valence-electron chi connectivity index (χ3n) is 6.68. The highest BCUT2D eigenvalue weighted by Crippen LogP contribution is 2.26. The summed E-state index contributed by atoms with van der Waals surface area (Å²) >= 11 is 0. The molecule has 2 saturated heterocycles. The van der Waals surface area contributed by atoms with Crippen LogP contribution in [0.15, 0.2) is 0 Å². The zero-order valence-electron chi connectivity index (χ0n) is 19.0. The Kier molecular flexibility index (Phi) is 11.2. The summed E-state index contributed by atoms with van der Waals surface area (Å²) in [6, 6.07) is -1.25. The van der Waals surface area contributed by atoms with Gasteiger partial charge in [0.05, 0.1) is 5.75 Å². The van der Waals surface area contributed by atoms with Gasteiger partial charge in [0.15, 0.2) is 0 Å². The fourth-order valence-electron chi connectivity index (χ4n) is 4.61. The van der Waals surface area contributed by atoms with Crippen LogP contribution < -0.4 is 10.0 Å². The molecule has 0 saturated carbocycles. The summed E-state index contributed by atoms with van der Waals surface area (Å²) in [6.07, 6.45) is 9.62. The number of piperidine rings is 2. The average Bonchev–Trinajstić information content (AvgIpc) is 2.76. The van der Waals surface area contributed by atoms with Crippen molar-refractivity contribution in [3.63, 3.8) is 0 Å². The molecule has 0 aliphatic carbocycles. The molecule has 2 fully saturated rings. The number of aliphatic carboxylic acids is 1. The Bertz CT molecular complexity index is 656. The summed E-state index contributed by atoms with van der Waals surface area (Å²) in [6.45, 7) is 5.61. The molecule has 1 amide bonds. The maximum absolute atomic E-state index is 12.5. The molecule has 0 aromatic carbocycles. The van der Waals surface area contributed by atoms with Crippen LogP contribution in [-0.4, -0.2) is 68.3 Å². The van der Waals surface area contributed by atoms with Crippen LogP contribution in [-0.2, 0) is 19.6 Å². The molecule has 2 aliphatic heterocycles. The van der Waals surface area contributed by atoms with Gasteiger partial charge in [0.25, 0.3) is 0 Å². The number of sulfonamides is 1. The first-order chi connectivity index (χ1) is 14.8. The number of nitrogens with zero attached hydrogens (tertiary/aromatic N) is 1. The predicted molar refractivity (Wildman–Crippen MR) is 121 cm³/mol. The fraction of sp³-hybridized carbons (Fsp3) is 0.909. The van der Waals surface area contributed by atoms with Gasteiger partial charge < -0.3 is 15.3 Å². The summed E-state index contributed by atoms with van der Waals surface area (Å²) in [4.78, 5) is 25.8. The van der Waals surface area contributed by atoms with Crippen LogP contribution >= 0.6 is 0 Å². The summed E-state index contributed by atoms with van der Waals surface area (Å²) in [7, 11) is -3.64. The van der Waals surface area contributed by atoms with Gasteiger partial charge >= 0.3 is 5.97 Å². The van der Waals surface area contributed by atoms with Crippen LogP contribution in [0.1, 0.15) is 77.6 Å². The highest BCUT2D eigenvalue weighted by Gasteiger charge is 2.27. The highest BCUT2D eigenvalue weighted by molar-refractivity contribution is 7.89. The van der Waals surface area contributed by atoms with E-state index in [1.807, 2.05) is 11.8 Å². The second kappa shape index (κ2) is 13.4. The average molecular weight is 460 g/mol. The van der Waals surface area contributed by atoms with E-state index >= 15 is 0 Å². The maximum Gasteiger partial charge on any atom is 0.321 e. The fourth-order valence-corrected chi connectivity index (χ4v) is 6.04. The molecular formula is C22H41N3O5S. The lowest BCUT2D eigenvalue weighted by atomic mass is 9.87. The Morgan fingerprint density at radius 3 is 2.26 bits per heavy atom. The molecule has 180 valence electrons. The molecule has 2 aliphatic rings. The lowest BCUT2D eigenvalue weighted by Gasteiger charge is -2.32. The Hall–Kier alpha value is -1.19. The summed E-state index contributed by atoms with van der Waals surface area (Å²) in [5.41, 5.74) is 0. The predicted octanol–water partition coefficient (Wildman–Crippen LogP) is 2.35. The zero-order chi connectivity index (χ0) is 22.7. The summed E-state index contributed by atoms with van der Waals surface area (Å²) < 4.78 is 26.2. The van der Waals surface area contributed by atoms with Crippen molar-refractivity contribution < 1.29 is 23.1 Å². The number of hydrogen-bond donors (Lipinski definition) is 3. The van der Waals surface area contributed by atoms with E-state index in [0.717, 1.165) is 44.9 Å². The lowest BCUT2D eigenvalue weighted by Crippen LogP contribution is -2.43. The number of hydrogen-bond acceptors (Lipinski definition) is 5. The zero-order valence-corrected chi connectivity index (χ0v) is 19.8. The molecule has 0 spiro atoms. The minimum absolute atomic E-state index is 0.0182. The molecule has 9 heteroatoms. The van der Waals surface area contributed by atoms with Gasteiger partial charge in [0, 0.05) is 19.5 Å². The van der Waals surface area contributed by atoms with Crippen molar-refractivity contribution in [2.45, 2.75) is 83.6 Å². The highest BCUT2D eigenvalue weighted by atomic mass is 32.2. The monoisotopic (exact) mass is 459 g/mol. The second-order valence-corrected chi connectivity index (χ2v) is 11.0. The van der Waals surface area contributed by atoms with Crippen molar-refractivity contribution in [2.24, 2.45) is 11.8 Å². The number of unbranched alkanes of at least 4 members (excludes halogenated alkanes) is 1. The molecule has 0 radical (unpaired) electrons. The molecular weight excluding hydrogens is 418 g/mol. The molecule has 2 rings (SSSR count). The van der Waals surface area contributed by atoms with Crippen molar-refractivity contribution in [2.75, 3.05) is 31.9 Å². The molecule has 31 heavy (non-hydrogen) atoms. The SMILES string of the molecule is CCCCS(=O)(=O)N[C@H](CCC(=O)N1CCC(CCCC2CCNCC2)CC1)C(=O)O. The van der Waals surface area contributed by atoms with Crippen LogP contribution in [0.5, 0.6) is 0 Å². The normalized spacial score (nSPS) is 20.0. The molecule has 0 unspecified atom stereocenters. The molecule has 0 aromatic heterocycles. The number of rotatable bonds is 13. The van der Waals surface area contributed by atoms with Crippen molar-refractivity contribution in [1.82, 2.24) is 14.9 Å². The molecule has 0 aromatic rings. The largest absolute Gasteiger partial charge is 0.480 e. The third kappa shape index (κ3) is 9.87. The summed E-state index contributed by atoms with van der Waals surface area (Å²) in [5.74, 6) is 0.131. The first-order valence-electron chi connectivity index (χ1n) is 12.0. The van der Waals surface area contributed by atoms with E-state index in [-0.39, 0.29) is 24.5 Å². The van der Waals surface area contributed by atoms with Crippen molar-refractivity contribution >= 4 is 21.9 Å². The molecule has 1 atom stereocenters. The summed E-state index contributed by atoms with van der Waals surface area (Å²) in [5, 5.41) is 12.7. The van der Waals surface area contributed by atoms with E-state index < -0.39 is 22.0 Å². The minimum Gasteiger partial charge on any atom is -0.480 e. The van der Waals surface area contributed by atoms with Gasteiger partial charge in [0.1, 0.15) is 6.04 Å². The molecule has 2 heterocycles. The number of carboxylic acids is 1. The number of carbonyl (C=O) groups excluding carboxylic acids is 1. The van der Waals surface area contributed by atoms with E-state index in [2.05, 4.69) is 10.0 Å². The quantitative estimate of drug-likeness (QED) is 0.389. The number of nitrogens with one attached hydrogen (secondary N) is 2. The number of carbonyl (C=O) groups is 2. The van der Waals surface area contributed by atoms with Crippen LogP contribution in [0.4, 0.5) is 0 Å². The van der Waals surface area contributed by atoms with Crippen molar-refractivity contribution in [3.05, 3.63) is 0 Å². The van der Waals surface area contributed by atoms with Crippen molar-refractivity contribution in [1.29, 1.82) is 0 Å². The smallest absolute Gasteiger partial charge is 0.321 e.